The van der Waals surface area contributed by atoms with E-state index >= 15 is 0 Å². The Hall–Kier alpha value is -4.21. The molecule has 0 unspecified atom stereocenters. The molecule has 1 aromatic heterocycles. The first-order valence-electron chi connectivity index (χ1n) is 11.2. The van der Waals surface area contributed by atoms with Gasteiger partial charge in [-0.2, -0.15) is 18.4 Å². The number of halogens is 6. The lowest BCUT2D eigenvalue weighted by atomic mass is 10.0. The van der Waals surface area contributed by atoms with Gasteiger partial charge in [0.15, 0.2) is 9.84 Å². The van der Waals surface area contributed by atoms with Crippen LogP contribution in [0.4, 0.5) is 22.0 Å². The molecule has 0 aliphatic rings. The predicted octanol–water partition coefficient (Wildman–Crippen LogP) is 6.58. The zero-order valence-corrected chi connectivity index (χ0v) is 21.8. The Kier molecular flexibility index (Phi) is 7.74. The summed E-state index contributed by atoms with van der Waals surface area (Å²) < 4.78 is 98.8. The molecule has 0 N–H and O–H groups in total. The number of nitriles is 1. The molecule has 0 atom stereocenters. The average molecular weight is 595 g/mol. The maximum atomic E-state index is 14.4. The van der Waals surface area contributed by atoms with Gasteiger partial charge in [-0.05, 0) is 54.6 Å². The van der Waals surface area contributed by atoms with Gasteiger partial charge in [0, 0.05) is 23.4 Å². The molecule has 0 spiro atoms. The molecular weight excluding hydrogens is 579 g/mol. The summed E-state index contributed by atoms with van der Waals surface area (Å²) in [6.07, 6.45) is -4.03. The van der Waals surface area contributed by atoms with Gasteiger partial charge in [0.2, 0.25) is 0 Å². The number of alkyl halides is 3. The van der Waals surface area contributed by atoms with Crippen molar-refractivity contribution in [2.75, 3.05) is 6.26 Å². The van der Waals surface area contributed by atoms with Crippen LogP contribution < -0.4 is 10.3 Å². The molecule has 3 aromatic carbocycles. The zero-order valence-electron chi connectivity index (χ0n) is 20.3. The normalized spacial score (nSPS) is 11.8. The number of ether oxygens (including phenoxy) is 1. The number of nitrogens with zero attached hydrogens (tertiary/aromatic N) is 2. The zero-order chi connectivity index (χ0) is 29.4. The first-order valence-corrected chi connectivity index (χ1v) is 13.4. The number of hydrogen-bond acceptors (Lipinski definition) is 5. The summed E-state index contributed by atoms with van der Waals surface area (Å²) in [4.78, 5) is 13.1. The second-order valence-electron chi connectivity index (χ2n) is 8.55. The Balaban J connectivity index is 1.82. The van der Waals surface area contributed by atoms with Crippen LogP contribution in [0.15, 0.2) is 76.4 Å². The van der Waals surface area contributed by atoms with Gasteiger partial charge in [-0.3, -0.25) is 4.79 Å². The van der Waals surface area contributed by atoms with Crippen LogP contribution in [0.3, 0.4) is 0 Å². The van der Waals surface area contributed by atoms with Crippen molar-refractivity contribution in [3.8, 4) is 28.8 Å². The average Bonchev–Trinajstić information content (AvgIpc) is 2.86. The SMILES string of the molecule is CS(=O)(=O)c1ccc(Oc2ccc(-c3cc(C(F)(F)F)c(C#N)c(=O)n3Cc3ccc(F)cc3F)cc2Cl)cc1. The lowest BCUT2D eigenvalue weighted by Gasteiger charge is -2.18. The number of aromatic nitrogens is 1. The summed E-state index contributed by atoms with van der Waals surface area (Å²) in [6, 6.07) is 13.6. The number of rotatable bonds is 6. The highest BCUT2D eigenvalue weighted by Crippen LogP contribution is 2.37. The maximum Gasteiger partial charge on any atom is 0.417 e. The van der Waals surface area contributed by atoms with E-state index in [0.29, 0.717) is 12.1 Å². The fourth-order valence-electron chi connectivity index (χ4n) is 3.82. The molecule has 6 nitrogen and oxygen atoms in total. The fourth-order valence-corrected chi connectivity index (χ4v) is 4.67. The van der Waals surface area contributed by atoms with Gasteiger partial charge in [0.1, 0.15) is 34.8 Å². The van der Waals surface area contributed by atoms with Crippen LogP contribution in [-0.2, 0) is 22.6 Å². The first kappa shape index (κ1) is 28.8. The summed E-state index contributed by atoms with van der Waals surface area (Å²) in [5, 5.41) is 9.24. The van der Waals surface area contributed by atoms with Gasteiger partial charge in [0.05, 0.1) is 27.7 Å². The Morgan fingerprint density at radius 1 is 1.00 bits per heavy atom. The van der Waals surface area contributed by atoms with Crippen LogP contribution in [0.1, 0.15) is 16.7 Å². The molecule has 0 saturated carbocycles. The molecule has 4 aromatic rings. The Bertz CT molecular complexity index is 1830. The van der Waals surface area contributed by atoms with Crippen LogP contribution in [0.5, 0.6) is 11.5 Å². The summed E-state index contributed by atoms with van der Waals surface area (Å²) in [7, 11) is -3.44. The van der Waals surface area contributed by atoms with Crippen molar-refractivity contribution in [3.63, 3.8) is 0 Å². The molecule has 13 heteroatoms. The molecule has 0 aliphatic carbocycles. The first-order chi connectivity index (χ1) is 18.7. The molecule has 0 aliphatic heterocycles. The summed E-state index contributed by atoms with van der Waals surface area (Å²) in [5.74, 6) is -1.67. The van der Waals surface area contributed by atoms with Crippen LogP contribution in [0.2, 0.25) is 5.02 Å². The van der Waals surface area contributed by atoms with E-state index in [9.17, 15) is 40.4 Å². The highest BCUT2D eigenvalue weighted by molar-refractivity contribution is 7.90. The second-order valence-corrected chi connectivity index (χ2v) is 11.0. The minimum absolute atomic E-state index is 0.000570. The maximum absolute atomic E-state index is 14.4. The second kappa shape index (κ2) is 10.7. The van der Waals surface area contributed by atoms with E-state index in [2.05, 4.69) is 0 Å². The molecular formula is C27H16ClF5N2O4S. The van der Waals surface area contributed by atoms with E-state index < -0.39 is 50.9 Å². The lowest BCUT2D eigenvalue weighted by Crippen LogP contribution is -2.29. The van der Waals surface area contributed by atoms with Crippen LogP contribution in [0.25, 0.3) is 11.3 Å². The van der Waals surface area contributed by atoms with Gasteiger partial charge in [0.25, 0.3) is 5.56 Å². The Labute approximate surface area is 229 Å². The number of sulfone groups is 1. The van der Waals surface area contributed by atoms with Crippen molar-refractivity contribution in [1.82, 2.24) is 4.57 Å². The van der Waals surface area contributed by atoms with E-state index in [0.717, 1.165) is 23.0 Å². The minimum atomic E-state index is -5.07. The van der Waals surface area contributed by atoms with E-state index in [-0.39, 0.29) is 38.2 Å². The highest BCUT2D eigenvalue weighted by Gasteiger charge is 2.36. The van der Waals surface area contributed by atoms with E-state index in [1.807, 2.05) is 0 Å². The van der Waals surface area contributed by atoms with Crippen LogP contribution in [-0.4, -0.2) is 19.2 Å². The lowest BCUT2D eigenvalue weighted by molar-refractivity contribution is -0.137. The topological polar surface area (TPSA) is 89.2 Å². The smallest absolute Gasteiger partial charge is 0.417 e. The van der Waals surface area contributed by atoms with E-state index in [1.54, 1.807) is 0 Å². The largest absolute Gasteiger partial charge is 0.456 e. The number of hydrogen-bond donors (Lipinski definition) is 0. The van der Waals surface area contributed by atoms with E-state index in [4.69, 9.17) is 16.3 Å². The third-order valence-corrected chi connectivity index (χ3v) is 7.19. The molecule has 1 heterocycles. The summed E-state index contributed by atoms with van der Waals surface area (Å²) in [5.41, 5.74) is -4.57. The standard InChI is InChI=1S/C27H16ClF5N2O4S/c1-40(37,38)19-7-5-18(6-8-19)39-25-9-3-15(10-22(25)28)24-12-21(27(31,32)33)20(13-34)26(36)35(24)14-16-2-4-17(29)11-23(16)30/h2-12H,14H2,1H3. The van der Waals surface area contributed by atoms with Crippen molar-refractivity contribution >= 4 is 21.4 Å². The number of pyridine rings is 1. The number of benzene rings is 3. The van der Waals surface area contributed by atoms with Gasteiger partial charge in [-0.1, -0.05) is 17.7 Å². The van der Waals surface area contributed by atoms with Gasteiger partial charge in [-0.15, -0.1) is 0 Å². The molecule has 0 amide bonds. The van der Waals surface area contributed by atoms with Crippen molar-refractivity contribution in [2.24, 2.45) is 0 Å². The van der Waals surface area contributed by atoms with Crippen LogP contribution in [0, 0.1) is 23.0 Å². The summed E-state index contributed by atoms with van der Waals surface area (Å²) >= 11 is 6.33. The fraction of sp³-hybridized carbons (Fsp3) is 0.111. The molecule has 206 valence electrons. The van der Waals surface area contributed by atoms with Gasteiger partial charge in [-0.25, -0.2) is 17.2 Å². The quantitative estimate of drug-likeness (QED) is 0.235. The van der Waals surface area contributed by atoms with Crippen molar-refractivity contribution in [2.45, 2.75) is 17.6 Å². The summed E-state index contributed by atoms with van der Waals surface area (Å²) in [6.45, 7) is -0.615. The van der Waals surface area contributed by atoms with Crippen molar-refractivity contribution < 1.29 is 35.1 Å². The molecule has 40 heavy (non-hydrogen) atoms. The van der Waals surface area contributed by atoms with Gasteiger partial charge < -0.3 is 9.30 Å². The van der Waals surface area contributed by atoms with Crippen molar-refractivity contribution in [3.05, 3.63) is 110 Å². The minimum Gasteiger partial charge on any atom is -0.456 e. The Morgan fingerprint density at radius 3 is 2.23 bits per heavy atom. The Morgan fingerprint density at radius 2 is 1.68 bits per heavy atom. The monoisotopic (exact) mass is 594 g/mol. The third kappa shape index (κ3) is 6.00. The molecule has 0 saturated heterocycles. The molecule has 0 fully saturated rings. The molecule has 4 rings (SSSR count). The predicted molar refractivity (Wildman–Crippen MR) is 136 cm³/mol. The third-order valence-electron chi connectivity index (χ3n) is 5.77. The van der Waals surface area contributed by atoms with Crippen molar-refractivity contribution in [1.29, 1.82) is 5.26 Å². The molecule has 0 bridgehead atoms. The van der Waals surface area contributed by atoms with E-state index in [1.165, 1.54) is 48.5 Å². The van der Waals surface area contributed by atoms with Gasteiger partial charge >= 0.3 is 6.18 Å². The highest BCUT2D eigenvalue weighted by atomic mass is 35.5. The molecule has 0 radical (unpaired) electrons. The van der Waals surface area contributed by atoms with Crippen LogP contribution >= 0.6 is 11.6 Å².